The zero-order valence-corrected chi connectivity index (χ0v) is 13.3. The summed E-state index contributed by atoms with van der Waals surface area (Å²) in [6.45, 7) is 1.67. The molecule has 1 aromatic heterocycles. The van der Waals surface area contributed by atoms with Gasteiger partial charge in [-0.25, -0.2) is 13.4 Å². The van der Waals surface area contributed by atoms with Crippen molar-refractivity contribution in [3.8, 4) is 5.75 Å². The minimum absolute atomic E-state index is 0.0635. The van der Waals surface area contributed by atoms with Crippen molar-refractivity contribution in [2.45, 2.75) is 17.7 Å². The Bertz CT molecular complexity index is 728. The molecule has 2 rings (SSSR count). The highest BCUT2D eigenvalue weighted by molar-refractivity contribution is 7.91. The molecule has 0 aliphatic rings. The van der Waals surface area contributed by atoms with Crippen molar-refractivity contribution in [1.29, 1.82) is 0 Å². The number of benzene rings is 1. The average molecular weight is 333 g/mol. The Morgan fingerprint density at radius 2 is 2.05 bits per heavy atom. The molecule has 5 nitrogen and oxygen atoms in total. The number of aromatic hydroxyl groups is 1. The summed E-state index contributed by atoms with van der Waals surface area (Å²) >= 11 is 6.67. The van der Waals surface area contributed by atoms with Crippen molar-refractivity contribution in [2.75, 3.05) is 7.05 Å². The summed E-state index contributed by atoms with van der Waals surface area (Å²) in [5.74, 6) is 0.0635. The lowest BCUT2D eigenvalue weighted by Crippen LogP contribution is -2.26. The molecular formula is C12H13ClN2O3S2. The Balaban J connectivity index is 2.31. The van der Waals surface area contributed by atoms with Crippen LogP contribution in [-0.2, 0) is 16.6 Å². The molecule has 2 aromatic rings. The SMILES string of the molecule is Cc1nc(Cl)sc1S(=O)(=O)N(C)Cc1ccccc1O. The number of aryl methyl sites for hydroxylation is 1. The zero-order valence-electron chi connectivity index (χ0n) is 10.9. The number of para-hydroxylation sites is 1. The lowest BCUT2D eigenvalue weighted by molar-refractivity contribution is 0.436. The van der Waals surface area contributed by atoms with E-state index in [4.69, 9.17) is 11.6 Å². The molecule has 0 bridgehead atoms. The molecule has 0 atom stereocenters. The second kappa shape index (κ2) is 5.69. The van der Waals surface area contributed by atoms with Crippen LogP contribution >= 0.6 is 22.9 Å². The standard InChI is InChI=1S/C12H13ClN2O3S2/c1-8-11(19-12(13)14-8)20(17,18)15(2)7-9-5-3-4-6-10(9)16/h3-6,16H,7H2,1-2H3. The summed E-state index contributed by atoms with van der Waals surface area (Å²) < 4.78 is 26.4. The first kappa shape index (κ1) is 15.2. The Kier molecular flexibility index (Phi) is 4.33. The highest BCUT2D eigenvalue weighted by atomic mass is 35.5. The summed E-state index contributed by atoms with van der Waals surface area (Å²) in [6, 6.07) is 6.61. The van der Waals surface area contributed by atoms with Crippen molar-refractivity contribution in [3.63, 3.8) is 0 Å². The molecule has 0 amide bonds. The number of aromatic nitrogens is 1. The van der Waals surface area contributed by atoms with Gasteiger partial charge in [-0.05, 0) is 13.0 Å². The van der Waals surface area contributed by atoms with Gasteiger partial charge in [-0.3, -0.25) is 0 Å². The smallest absolute Gasteiger partial charge is 0.254 e. The molecule has 0 saturated heterocycles. The molecular weight excluding hydrogens is 320 g/mol. The topological polar surface area (TPSA) is 70.5 Å². The van der Waals surface area contributed by atoms with Gasteiger partial charge in [-0.15, -0.1) is 0 Å². The molecule has 0 aliphatic heterocycles. The van der Waals surface area contributed by atoms with Crippen LogP contribution in [0.5, 0.6) is 5.75 Å². The maximum atomic E-state index is 12.4. The van der Waals surface area contributed by atoms with Gasteiger partial charge in [0.05, 0.1) is 5.69 Å². The third kappa shape index (κ3) is 2.95. The van der Waals surface area contributed by atoms with E-state index in [0.717, 1.165) is 11.3 Å². The van der Waals surface area contributed by atoms with Crippen LogP contribution in [0.25, 0.3) is 0 Å². The number of hydrogen-bond acceptors (Lipinski definition) is 5. The van der Waals surface area contributed by atoms with Crippen LogP contribution in [0.1, 0.15) is 11.3 Å². The lowest BCUT2D eigenvalue weighted by atomic mass is 10.2. The number of sulfonamides is 1. The van der Waals surface area contributed by atoms with E-state index in [0.29, 0.717) is 11.3 Å². The van der Waals surface area contributed by atoms with Crippen molar-refractivity contribution >= 4 is 33.0 Å². The summed E-state index contributed by atoms with van der Waals surface area (Å²) in [4.78, 5) is 3.91. The number of thiazole rings is 1. The van der Waals surface area contributed by atoms with Gasteiger partial charge in [0.2, 0.25) is 0 Å². The van der Waals surface area contributed by atoms with E-state index in [1.165, 1.54) is 17.4 Å². The summed E-state index contributed by atoms with van der Waals surface area (Å²) in [6.07, 6.45) is 0. The van der Waals surface area contributed by atoms with Crippen molar-refractivity contribution < 1.29 is 13.5 Å². The molecule has 0 fully saturated rings. The average Bonchev–Trinajstić information content (AvgIpc) is 2.72. The predicted octanol–water partition coefficient (Wildman–Crippen LogP) is 2.63. The number of halogens is 1. The molecule has 0 spiro atoms. The van der Waals surface area contributed by atoms with Crippen LogP contribution in [0, 0.1) is 6.92 Å². The largest absolute Gasteiger partial charge is 0.508 e. The number of nitrogens with zero attached hydrogens (tertiary/aromatic N) is 2. The van der Waals surface area contributed by atoms with E-state index in [1.807, 2.05) is 0 Å². The van der Waals surface area contributed by atoms with Crippen molar-refractivity contribution in [2.24, 2.45) is 0 Å². The van der Waals surface area contributed by atoms with Gasteiger partial charge in [-0.2, -0.15) is 4.31 Å². The molecule has 0 unspecified atom stereocenters. The van der Waals surface area contributed by atoms with Crippen LogP contribution in [0.4, 0.5) is 0 Å². The molecule has 20 heavy (non-hydrogen) atoms. The van der Waals surface area contributed by atoms with Crippen LogP contribution < -0.4 is 0 Å². The molecule has 0 radical (unpaired) electrons. The number of rotatable bonds is 4. The number of phenols is 1. The van der Waals surface area contributed by atoms with Gasteiger partial charge in [0.1, 0.15) is 5.75 Å². The summed E-state index contributed by atoms with van der Waals surface area (Å²) in [5.41, 5.74) is 0.913. The van der Waals surface area contributed by atoms with Crippen LogP contribution in [0.15, 0.2) is 28.5 Å². The Morgan fingerprint density at radius 3 is 2.60 bits per heavy atom. The quantitative estimate of drug-likeness (QED) is 0.934. The highest BCUT2D eigenvalue weighted by Gasteiger charge is 2.26. The van der Waals surface area contributed by atoms with Gasteiger partial charge in [-0.1, -0.05) is 41.1 Å². The van der Waals surface area contributed by atoms with Crippen molar-refractivity contribution in [3.05, 3.63) is 40.0 Å². The summed E-state index contributed by atoms with van der Waals surface area (Å²) in [7, 11) is -2.22. The molecule has 8 heteroatoms. The first-order valence-electron chi connectivity index (χ1n) is 5.68. The number of phenolic OH excluding ortho intramolecular Hbond substituents is 1. The fraction of sp³-hybridized carbons (Fsp3) is 0.250. The number of hydrogen-bond donors (Lipinski definition) is 1. The van der Waals surface area contributed by atoms with Gasteiger partial charge in [0.25, 0.3) is 10.0 Å². The van der Waals surface area contributed by atoms with E-state index < -0.39 is 10.0 Å². The second-order valence-electron chi connectivity index (χ2n) is 4.23. The van der Waals surface area contributed by atoms with Gasteiger partial charge >= 0.3 is 0 Å². The minimum Gasteiger partial charge on any atom is -0.508 e. The molecule has 1 N–H and O–H groups in total. The van der Waals surface area contributed by atoms with Crippen LogP contribution in [0.2, 0.25) is 4.47 Å². The summed E-state index contributed by atoms with van der Waals surface area (Å²) in [5, 5.41) is 9.70. The molecule has 1 aromatic carbocycles. The maximum Gasteiger partial charge on any atom is 0.254 e. The first-order valence-corrected chi connectivity index (χ1v) is 8.32. The molecule has 1 heterocycles. The highest BCUT2D eigenvalue weighted by Crippen LogP contribution is 2.30. The Hall–Kier alpha value is -1.15. The zero-order chi connectivity index (χ0) is 14.9. The minimum atomic E-state index is -3.67. The third-order valence-electron chi connectivity index (χ3n) is 2.76. The van der Waals surface area contributed by atoms with E-state index in [1.54, 1.807) is 25.1 Å². The molecule has 0 aliphatic carbocycles. The van der Waals surface area contributed by atoms with E-state index in [9.17, 15) is 13.5 Å². The van der Waals surface area contributed by atoms with Crippen molar-refractivity contribution in [1.82, 2.24) is 9.29 Å². The molecule has 108 valence electrons. The monoisotopic (exact) mass is 332 g/mol. The molecule has 0 saturated carbocycles. The first-order chi connectivity index (χ1) is 9.32. The van der Waals surface area contributed by atoms with Crippen LogP contribution in [0.3, 0.4) is 0 Å². The van der Waals surface area contributed by atoms with E-state index in [-0.39, 0.29) is 21.0 Å². The van der Waals surface area contributed by atoms with Gasteiger partial charge in [0, 0.05) is 19.2 Å². The maximum absolute atomic E-state index is 12.4. The second-order valence-corrected chi connectivity index (χ2v) is 8.05. The Labute approximate surface area is 126 Å². The van der Waals surface area contributed by atoms with Crippen LogP contribution in [-0.4, -0.2) is 29.9 Å². The Morgan fingerprint density at radius 1 is 1.40 bits per heavy atom. The predicted molar refractivity (Wildman–Crippen MR) is 78.6 cm³/mol. The van der Waals surface area contributed by atoms with E-state index >= 15 is 0 Å². The van der Waals surface area contributed by atoms with E-state index in [2.05, 4.69) is 4.98 Å². The van der Waals surface area contributed by atoms with Gasteiger partial charge in [0.15, 0.2) is 8.68 Å². The lowest BCUT2D eigenvalue weighted by Gasteiger charge is -2.17. The third-order valence-corrected chi connectivity index (χ3v) is 6.41. The fourth-order valence-corrected chi connectivity index (χ4v) is 4.78. The normalized spacial score (nSPS) is 12.0. The fourth-order valence-electron chi connectivity index (χ4n) is 1.70. The van der Waals surface area contributed by atoms with Gasteiger partial charge < -0.3 is 5.11 Å².